The highest BCUT2D eigenvalue weighted by Crippen LogP contribution is 2.10. The van der Waals surface area contributed by atoms with Gasteiger partial charge in [-0.1, -0.05) is 18.2 Å². The maximum absolute atomic E-state index is 11.9. The SMILES string of the molecule is COCc1ccccc1C(=O)NCC(C)(O)C(=O)O. The lowest BCUT2D eigenvalue weighted by Gasteiger charge is -2.18. The van der Waals surface area contributed by atoms with Crippen molar-refractivity contribution in [3.05, 3.63) is 35.4 Å². The summed E-state index contributed by atoms with van der Waals surface area (Å²) >= 11 is 0. The van der Waals surface area contributed by atoms with E-state index in [9.17, 15) is 14.7 Å². The van der Waals surface area contributed by atoms with Crippen molar-refractivity contribution in [3.63, 3.8) is 0 Å². The fourth-order valence-corrected chi connectivity index (χ4v) is 1.45. The highest BCUT2D eigenvalue weighted by Gasteiger charge is 2.30. The van der Waals surface area contributed by atoms with Crippen LogP contribution >= 0.6 is 0 Å². The molecule has 0 radical (unpaired) electrons. The molecule has 1 rings (SSSR count). The normalized spacial score (nSPS) is 13.6. The first-order chi connectivity index (χ1) is 8.88. The number of carboxylic acid groups (broad SMARTS) is 1. The number of nitrogens with one attached hydrogen (secondary N) is 1. The Hall–Kier alpha value is -1.92. The largest absolute Gasteiger partial charge is 0.479 e. The van der Waals surface area contributed by atoms with Gasteiger partial charge in [0.25, 0.3) is 5.91 Å². The number of carboxylic acids is 1. The number of carbonyl (C=O) groups is 2. The Morgan fingerprint density at radius 3 is 2.58 bits per heavy atom. The minimum absolute atomic E-state index is 0.277. The first kappa shape index (κ1) is 15.1. The van der Waals surface area contributed by atoms with Gasteiger partial charge in [-0.3, -0.25) is 4.79 Å². The molecule has 104 valence electrons. The molecule has 19 heavy (non-hydrogen) atoms. The lowest BCUT2D eigenvalue weighted by Crippen LogP contribution is -2.46. The molecule has 0 heterocycles. The lowest BCUT2D eigenvalue weighted by molar-refractivity contribution is -0.155. The van der Waals surface area contributed by atoms with E-state index >= 15 is 0 Å². The molecule has 6 nitrogen and oxygen atoms in total. The van der Waals surface area contributed by atoms with Gasteiger partial charge in [0.15, 0.2) is 5.60 Å². The maximum atomic E-state index is 11.9. The van der Waals surface area contributed by atoms with Gasteiger partial charge in [0.05, 0.1) is 13.2 Å². The minimum atomic E-state index is -1.99. The van der Waals surface area contributed by atoms with Crippen molar-refractivity contribution in [2.24, 2.45) is 0 Å². The Morgan fingerprint density at radius 1 is 1.37 bits per heavy atom. The van der Waals surface area contributed by atoms with Crippen LogP contribution < -0.4 is 5.32 Å². The third-order valence-corrected chi connectivity index (χ3v) is 2.62. The van der Waals surface area contributed by atoms with Crippen LogP contribution in [0.2, 0.25) is 0 Å². The number of hydrogen-bond acceptors (Lipinski definition) is 4. The highest BCUT2D eigenvalue weighted by molar-refractivity contribution is 5.96. The zero-order valence-electron chi connectivity index (χ0n) is 10.8. The molecule has 0 aliphatic heterocycles. The monoisotopic (exact) mass is 267 g/mol. The summed E-state index contributed by atoms with van der Waals surface area (Å²) in [5, 5.41) is 20.7. The van der Waals surface area contributed by atoms with Crippen molar-refractivity contribution in [2.75, 3.05) is 13.7 Å². The van der Waals surface area contributed by atoms with Crippen LogP contribution in [0.15, 0.2) is 24.3 Å². The van der Waals surface area contributed by atoms with Crippen molar-refractivity contribution < 1.29 is 24.5 Å². The van der Waals surface area contributed by atoms with Crippen LogP contribution in [0.25, 0.3) is 0 Å². The van der Waals surface area contributed by atoms with E-state index in [0.717, 1.165) is 6.92 Å². The summed E-state index contributed by atoms with van der Waals surface area (Å²) < 4.78 is 4.98. The fourth-order valence-electron chi connectivity index (χ4n) is 1.45. The molecule has 0 bridgehead atoms. The average Bonchev–Trinajstić information content (AvgIpc) is 2.37. The number of methoxy groups -OCH3 is 1. The molecule has 1 unspecified atom stereocenters. The van der Waals surface area contributed by atoms with Crippen LogP contribution in [-0.2, 0) is 16.1 Å². The van der Waals surface area contributed by atoms with Gasteiger partial charge >= 0.3 is 5.97 Å². The number of amides is 1. The summed E-state index contributed by atoms with van der Waals surface area (Å²) in [4.78, 5) is 22.7. The molecule has 0 aliphatic rings. The minimum Gasteiger partial charge on any atom is -0.479 e. The summed E-state index contributed by atoms with van der Waals surface area (Å²) in [7, 11) is 1.52. The number of hydrogen-bond donors (Lipinski definition) is 3. The van der Waals surface area contributed by atoms with Crippen LogP contribution in [0.1, 0.15) is 22.8 Å². The van der Waals surface area contributed by atoms with E-state index in [2.05, 4.69) is 5.32 Å². The summed E-state index contributed by atoms with van der Waals surface area (Å²) in [6, 6.07) is 6.83. The fraction of sp³-hybridized carbons (Fsp3) is 0.385. The number of benzene rings is 1. The molecule has 1 aromatic rings. The van der Waals surface area contributed by atoms with Crippen molar-refractivity contribution >= 4 is 11.9 Å². The van der Waals surface area contributed by atoms with Gasteiger partial charge in [0, 0.05) is 12.7 Å². The standard InChI is InChI=1S/C13H17NO5/c1-13(18,12(16)17)8-14-11(15)10-6-4-3-5-9(10)7-19-2/h3-6,18H,7-8H2,1-2H3,(H,14,15)(H,16,17). The quantitative estimate of drug-likeness (QED) is 0.693. The molecule has 1 amide bonds. The van der Waals surface area contributed by atoms with Gasteiger partial charge < -0.3 is 20.3 Å². The Labute approximate surface area is 111 Å². The predicted octanol–water partition coefficient (Wildman–Crippen LogP) is 0.398. The van der Waals surface area contributed by atoms with Crippen LogP contribution in [0.5, 0.6) is 0 Å². The molecular formula is C13H17NO5. The molecule has 0 aromatic heterocycles. The van der Waals surface area contributed by atoms with Gasteiger partial charge in [-0.15, -0.1) is 0 Å². The van der Waals surface area contributed by atoms with E-state index in [4.69, 9.17) is 9.84 Å². The average molecular weight is 267 g/mol. The topological polar surface area (TPSA) is 95.9 Å². The zero-order valence-corrected chi connectivity index (χ0v) is 10.8. The van der Waals surface area contributed by atoms with E-state index in [1.165, 1.54) is 7.11 Å². The molecule has 6 heteroatoms. The smallest absolute Gasteiger partial charge is 0.337 e. The first-order valence-electron chi connectivity index (χ1n) is 5.69. The number of aliphatic hydroxyl groups is 1. The summed E-state index contributed by atoms with van der Waals surface area (Å²) in [6.45, 7) is 1.03. The first-order valence-corrected chi connectivity index (χ1v) is 5.69. The Bertz CT molecular complexity index is 470. The molecule has 0 aliphatic carbocycles. The molecule has 0 fully saturated rings. The molecular weight excluding hydrogens is 250 g/mol. The van der Waals surface area contributed by atoms with Gasteiger partial charge in [-0.05, 0) is 18.6 Å². The number of ether oxygens (including phenoxy) is 1. The third-order valence-electron chi connectivity index (χ3n) is 2.62. The van der Waals surface area contributed by atoms with Crippen LogP contribution in [0, 0.1) is 0 Å². The number of carbonyl (C=O) groups excluding carboxylic acids is 1. The van der Waals surface area contributed by atoms with Crippen molar-refractivity contribution in [1.82, 2.24) is 5.32 Å². The van der Waals surface area contributed by atoms with E-state index in [1.54, 1.807) is 24.3 Å². The highest BCUT2D eigenvalue weighted by atomic mass is 16.5. The van der Waals surface area contributed by atoms with E-state index in [1.807, 2.05) is 0 Å². The third kappa shape index (κ3) is 4.04. The van der Waals surface area contributed by atoms with Crippen LogP contribution in [-0.4, -0.2) is 41.3 Å². The van der Waals surface area contributed by atoms with Crippen molar-refractivity contribution in [1.29, 1.82) is 0 Å². The Morgan fingerprint density at radius 2 is 2.00 bits per heavy atom. The van der Waals surface area contributed by atoms with Gasteiger partial charge in [-0.25, -0.2) is 4.79 Å². The van der Waals surface area contributed by atoms with E-state index in [-0.39, 0.29) is 13.2 Å². The zero-order chi connectivity index (χ0) is 14.5. The summed E-state index contributed by atoms with van der Waals surface area (Å²) in [6.07, 6.45) is 0. The second kappa shape index (κ2) is 6.31. The molecule has 1 atom stereocenters. The van der Waals surface area contributed by atoms with Gasteiger partial charge in [0.2, 0.25) is 0 Å². The lowest BCUT2D eigenvalue weighted by atomic mass is 10.1. The second-order valence-corrected chi connectivity index (χ2v) is 4.35. The Balaban J connectivity index is 2.76. The van der Waals surface area contributed by atoms with Gasteiger partial charge in [0.1, 0.15) is 0 Å². The molecule has 3 N–H and O–H groups in total. The number of rotatable bonds is 6. The molecule has 0 spiro atoms. The number of aliphatic carboxylic acids is 1. The summed E-state index contributed by atoms with van der Waals surface area (Å²) in [5.74, 6) is -1.84. The van der Waals surface area contributed by atoms with Gasteiger partial charge in [-0.2, -0.15) is 0 Å². The second-order valence-electron chi connectivity index (χ2n) is 4.35. The molecule has 0 saturated carbocycles. The Kier molecular flexibility index (Phi) is 5.02. The van der Waals surface area contributed by atoms with Crippen LogP contribution in [0.4, 0.5) is 0 Å². The van der Waals surface area contributed by atoms with Crippen molar-refractivity contribution in [3.8, 4) is 0 Å². The predicted molar refractivity (Wildman–Crippen MR) is 67.7 cm³/mol. The van der Waals surface area contributed by atoms with E-state index < -0.39 is 17.5 Å². The maximum Gasteiger partial charge on any atom is 0.337 e. The molecule has 1 aromatic carbocycles. The van der Waals surface area contributed by atoms with E-state index in [0.29, 0.717) is 11.1 Å². The summed E-state index contributed by atoms with van der Waals surface area (Å²) in [5.41, 5.74) is -0.908. The van der Waals surface area contributed by atoms with Crippen molar-refractivity contribution in [2.45, 2.75) is 19.1 Å². The van der Waals surface area contributed by atoms with Crippen LogP contribution in [0.3, 0.4) is 0 Å². The molecule has 0 saturated heterocycles.